The highest BCUT2D eigenvalue weighted by atomic mass is 32.1. The van der Waals surface area contributed by atoms with Gasteiger partial charge in [-0.3, -0.25) is 0 Å². The summed E-state index contributed by atoms with van der Waals surface area (Å²) in [5.74, 6) is 2.05. The summed E-state index contributed by atoms with van der Waals surface area (Å²) in [6, 6.07) is 6.45. The van der Waals surface area contributed by atoms with Gasteiger partial charge in [0.15, 0.2) is 0 Å². The average molecular weight is 290 g/mol. The zero-order valence-corrected chi connectivity index (χ0v) is 13.1. The van der Waals surface area contributed by atoms with Crippen molar-refractivity contribution in [1.29, 1.82) is 0 Å². The highest BCUT2D eigenvalue weighted by molar-refractivity contribution is 7.10. The van der Waals surface area contributed by atoms with Crippen molar-refractivity contribution in [2.24, 2.45) is 5.92 Å². The standard InChI is InChI=1S/C15H22N4S/c1-4-8-16-15-17-9-7-13(19-15)18-14(11(2)3)12-6-5-10-20-12/h5-7,9-11,14H,4,8H2,1-3H3,(H2,16,17,18,19). The van der Waals surface area contributed by atoms with Gasteiger partial charge >= 0.3 is 0 Å². The minimum absolute atomic E-state index is 0.281. The second-order valence-corrected chi connectivity index (χ2v) is 6.05. The molecule has 2 aromatic rings. The molecule has 1 atom stereocenters. The first-order valence-corrected chi connectivity index (χ1v) is 7.95. The summed E-state index contributed by atoms with van der Waals surface area (Å²) in [6.45, 7) is 7.45. The number of hydrogen-bond donors (Lipinski definition) is 2. The van der Waals surface area contributed by atoms with E-state index in [2.05, 4.69) is 58.9 Å². The zero-order valence-electron chi connectivity index (χ0n) is 12.3. The number of hydrogen-bond acceptors (Lipinski definition) is 5. The Labute approximate surface area is 124 Å². The molecule has 0 amide bonds. The van der Waals surface area contributed by atoms with Crippen LogP contribution in [0.1, 0.15) is 38.1 Å². The molecular weight excluding hydrogens is 268 g/mol. The highest BCUT2D eigenvalue weighted by Gasteiger charge is 2.17. The van der Waals surface area contributed by atoms with Gasteiger partial charge in [-0.2, -0.15) is 4.98 Å². The molecule has 0 fully saturated rings. The number of nitrogens with zero attached hydrogens (tertiary/aromatic N) is 2. The zero-order chi connectivity index (χ0) is 14.4. The quantitative estimate of drug-likeness (QED) is 0.803. The number of rotatable bonds is 7. The number of anilines is 2. The Morgan fingerprint density at radius 2 is 2.15 bits per heavy atom. The van der Waals surface area contributed by atoms with Gasteiger partial charge in [-0.15, -0.1) is 11.3 Å². The normalized spacial score (nSPS) is 12.4. The van der Waals surface area contributed by atoms with Crippen LogP contribution in [-0.4, -0.2) is 16.5 Å². The van der Waals surface area contributed by atoms with Crippen LogP contribution in [0.2, 0.25) is 0 Å². The first-order valence-electron chi connectivity index (χ1n) is 7.07. The molecule has 5 heteroatoms. The Morgan fingerprint density at radius 3 is 2.80 bits per heavy atom. The topological polar surface area (TPSA) is 49.8 Å². The van der Waals surface area contributed by atoms with Gasteiger partial charge in [-0.05, 0) is 29.9 Å². The van der Waals surface area contributed by atoms with Gasteiger partial charge in [-0.25, -0.2) is 4.98 Å². The lowest BCUT2D eigenvalue weighted by Gasteiger charge is -2.22. The fourth-order valence-electron chi connectivity index (χ4n) is 1.95. The van der Waals surface area contributed by atoms with Crippen molar-refractivity contribution >= 4 is 23.1 Å². The monoisotopic (exact) mass is 290 g/mol. The molecule has 108 valence electrons. The van der Waals surface area contributed by atoms with E-state index in [1.807, 2.05) is 6.07 Å². The Balaban J connectivity index is 2.10. The van der Waals surface area contributed by atoms with E-state index in [0.29, 0.717) is 11.9 Å². The van der Waals surface area contributed by atoms with Crippen molar-refractivity contribution in [3.63, 3.8) is 0 Å². The Hall–Kier alpha value is -1.62. The molecule has 2 rings (SSSR count). The molecule has 2 N–H and O–H groups in total. The van der Waals surface area contributed by atoms with E-state index in [-0.39, 0.29) is 6.04 Å². The summed E-state index contributed by atoms with van der Waals surface area (Å²) in [6.07, 6.45) is 2.85. The fraction of sp³-hybridized carbons (Fsp3) is 0.467. The van der Waals surface area contributed by atoms with Crippen molar-refractivity contribution in [3.8, 4) is 0 Å². The SMILES string of the molecule is CCCNc1nccc(NC(c2cccs2)C(C)C)n1. The first kappa shape index (κ1) is 14.8. The van der Waals surface area contributed by atoms with E-state index < -0.39 is 0 Å². The maximum Gasteiger partial charge on any atom is 0.224 e. The third-order valence-corrected chi connectivity index (χ3v) is 3.96. The Bertz CT molecular complexity index is 510. The lowest BCUT2D eigenvalue weighted by Crippen LogP contribution is -2.17. The molecule has 0 aliphatic carbocycles. The van der Waals surface area contributed by atoms with Crippen molar-refractivity contribution in [3.05, 3.63) is 34.7 Å². The average Bonchev–Trinajstić information content (AvgIpc) is 2.96. The van der Waals surface area contributed by atoms with Crippen LogP contribution in [0.3, 0.4) is 0 Å². The Kier molecular flexibility index (Phi) is 5.35. The van der Waals surface area contributed by atoms with E-state index in [1.54, 1.807) is 17.5 Å². The molecule has 2 aromatic heterocycles. The fourth-order valence-corrected chi connectivity index (χ4v) is 2.90. The second-order valence-electron chi connectivity index (χ2n) is 5.07. The van der Waals surface area contributed by atoms with Crippen molar-refractivity contribution < 1.29 is 0 Å². The summed E-state index contributed by atoms with van der Waals surface area (Å²) in [5.41, 5.74) is 0. The molecular formula is C15H22N4S. The molecule has 0 spiro atoms. The summed E-state index contributed by atoms with van der Waals surface area (Å²) in [7, 11) is 0. The predicted octanol–water partition coefficient (Wildman–Crippen LogP) is 4.17. The second kappa shape index (κ2) is 7.24. The first-order chi connectivity index (χ1) is 9.70. The van der Waals surface area contributed by atoms with Gasteiger partial charge in [0.1, 0.15) is 5.82 Å². The number of nitrogens with one attached hydrogen (secondary N) is 2. The van der Waals surface area contributed by atoms with Crippen LogP contribution in [0.25, 0.3) is 0 Å². The Morgan fingerprint density at radius 1 is 1.30 bits per heavy atom. The summed E-state index contributed by atoms with van der Waals surface area (Å²) < 4.78 is 0. The van der Waals surface area contributed by atoms with Crippen LogP contribution in [0.4, 0.5) is 11.8 Å². The summed E-state index contributed by atoms with van der Waals surface area (Å²) >= 11 is 1.78. The molecule has 1 unspecified atom stereocenters. The van der Waals surface area contributed by atoms with Gasteiger partial charge in [0.2, 0.25) is 5.95 Å². The highest BCUT2D eigenvalue weighted by Crippen LogP contribution is 2.29. The van der Waals surface area contributed by atoms with E-state index >= 15 is 0 Å². The molecule has 0 saturated carbocycles. The van der Waals surface area contributed by atoms with E-state index in [9.17, 15) is 0 Å². The molecule has 0 aliphatic heterocycles. The molecule has 4 nitrogen and oxygen atoms in total. The number of thiophene rings is 1. The molecule has 0 radical (unpaired) electrons. The van der Waals surface area contributed by atoms with Gasteiger partial charge < -0.3 is 10.6 Å². The van der Waals surface area contributed by atoms with Crippen LogP contribution < -0.4 is 10.6 Å². The minimum Gasteiger partial charge on any atom is -0.362 e. The van der Waals surface area contributed by atoms with E-state index in [0.717, 1.165) is 18.8 Å². The summed E-state index contributed by atoms with van der Waals surface area (Å²) in [5, 5.41) is 8.84. The lowest BCUT2D eigenvalue weighted by molar-refractivity contribution is 0.552. The third kappa shape index (κ3) is 3.93. The van der Waals surface area contributed by atoms with Crippen molar-refractivity contribution in [2.75, 3.05) is 17.2 Å². The molecule has 0 saturated heterocycles. The maximum atomic E-state index is 4.51. The van der Waals surface area contributed by atoms with Crippen LogP contribution >= 0.6 is 11.3 Å². The molecule has 0 aliphatic rings. The van der Waals surface area contributed by atoms with Crippen molar-refractivity contribution in [1.82, 2.24) is 9.97 Å². The third-order valence-electron chi connectivity index (χ3n) is 3.01. The largest absolute Gasteiger partial charge is 0.362 e. The van der Waals surface area contributed by atoms with E-state index in [1.165, 1.54) is 4.88 Å². The maximum absolute atomic E-state index is 4.51. The van der Waals surface area contributed by atoms with Gasteiger partial charge in [0.05, 0.1) is 6.04 Å². The van der Waals surface area contributed by atoms with Crippen LogP contribution in [-0.2, 0) is 0 Å². The van der Waals surface area contributed by atoms with Gasteiger partial charge in [-0.1, -0.05) is 26.8 Å². The van der Waals surface area contributed by atoms with Crippen LogP contribution in [0, 0.1) is 5.92 Å². The van der Waals surface area contributed by atoms with Crippen LogP contribution in [0.5, 0.6) is 0 Å². The molecule has 0 bridgehead atoms. The molecule has 0 aromatic carbocycles. The van der Waals surface area contributed by atoms with Crippen molar-refractivity contribution in [2.45, 2.75) is 33.2 Å². The molecule has 2 heterocycles. The number of aromatic nitrogens is 2. The summed E-state index contributed by atoms with van der Waals surface area (Å²) in [4.78, 5) is 10.1. The minimum atomic E-state index is 0.281. The predicted molar refractivity (Wildman–Crippen MR) is 86.3 cm³/mol. The smallest absolute Gasteiger partial charge is 0.224 e. The van der Waals surface area contributed by atoms with Gasteiger partial charge in [0.25, 0.3) is 0 Å². The van der Waals surface area contributed by atoms with E-state index in [4.69, 9.17) is 0 Å². The van der Waals surface area contributed by atoms with Gasteiger partial charge in [0, 0.05) is 17.6 Å². The van der Waals surface area contributed by atoms with Crippen LogP contribution in [0.15, 0.2) is 29.8 Å². The molecule has 20 heavy (non-hydrogen) atoms. The lowest BCUT2D eigenvalue weighted by atomic mass is 10.0.